The first kappa shape index (κ1) is 20.5. The lowest BCUT2D eigenvalue weighted by Crippen LogP contribution is -2.43. The zero-order valence-electron chi connectivity index (χ0n) is 17.6. The first-order chi connectivity index (χ1) is 14.5. The van der Waals surface area contributed by atoms with Gasteiger partial charge in [-0.25, -0.2) is 4.98 Å². The Hall–Kier alpha value is -2.73. The second-order valence-corrected chi connectivity index (χ2v) is 8.87. The number of pyridine rings is 1. The number of hydrogen-bond acceptors (Lipinski definition) is 5. The fourth-order valence-electron chi connectivity index (χ4n) is 4.28. The number of methoxy groups -OCH3 is 1. The second kappa shape index (κ2) is 8.56. The highest BCUT2D eigenvalue weighted by Gasteiger charge is 2.43. The third kappa shape index (κ3) is 3.84. The highest BCUT2D eigenvalue weighted by Crippen LogP contribution is 2.43. The van der Waals surface area contributed by atoms with Gasteiger partial charge in [-0.2, -0.15) is 0 Å². The zero-order chi connectivity index (χ0) is 21.1. The number of ether oxygens (including phenoxy) is 1. The number of nitrogens with zero attached hydrogens (tertiary/aromatic N) is 2. The van der Waals surface area contributed by atoms with Gasteiger partial charge in [0.05, 0.1) is 24.3 Å². The van der Waals surface area contributed by atoms with E-state index < -0.39 is 5.41 Å². The van der Waals surface area contributed by atoms with Gasteiger partial charge in [0.15, 0.2) is 0 Å². The molecule has 156 valence electrons. The largest absolute Gasteiger partial charge is 0.496 e. The smallest absolute Gasteiger partial charge is 0.231 e. The van der Waals surface area contributed by atoms with E-state index in [4.69, 9.17) is 9.72 Å². The number of aryl methyl sites for hydroxylation is 1. The summed E-state index contributed by atoms with van der Waals surface area (Å²) >= 11 is 1.57. The van der Waals surface area contributed by atoms with Gasteiger partial charge in [-0.3, -0.25) is 9.78 Å². The van der Waals surface area contributed by atoms with Crippen molar-refractivity contribution in [3.8, 4) is 17.0 Å². The van der Waals surface area contributed by atoms with Gasteiger partial charge in [0.25, 0.3) is 0 Å². The van der Waals surface area contributed by atoms with Crippen LogP contribution in [0.3, 0.4) is 0 Å². The molecule has 1 unspecified atom stereocenters. The van der Waals surface area contributed by atoms with Crippen LogP contribution in [0.25, 0.3) is 11.3 Å². The molecule has 0 spiro atoms. The van der Waals surface area contributed by atoms with Gasteiger partial charge in [-0.1, -0.05) is 25.0 Å². The van der Waals surface area contributed by atoms with E-state index in [1.165, 1.54) is 0 Å². The lowest BCUT2D eigenvalue weighted by Gasteiger charge is -2.30. The van der Waals surface area contributed by atoms with Crippen molar-refractivity contribution in [1.29, 1.82) is 0 Å². The van der Waals surface area contributed by atoms with E-state index >= 15 is 0 Å². The van der Waals surface area contributed by atoms with Crippen LogP contribution in [0.1, 0.15) is 54.8 Å². The molecular formula is C24H27N3O2S. The molecule has 1 fully saturated rings. The van der Waals surface area contributed by atoms with E-state index in [0.717, 1.165) is 58.8 Å². The third-order valence-corrected chi connectivity index (χ3v) is 7.10. The molecule has 6 heteroatoms. The molecule has 0 bridgehead atoms. The summed E-state index contributed by atoms with van der Waals surface area (Å²) < 4.78 is 5.52. The first-order valence-electron chi connectivity index (χ1n) is 10.4. The van der Waals surface area contributed by atoms with Gasteiger partial charge >= 0.3 is 0 Å². The summed E-state index contributed by atoms with van der Waals surface area (Å²) in [4.78, 5) is 22.3. The van der Waals surface area contributed by atoms with Crippen LogP contribution in [0.4, 0.5) is 0 Å². The van der Waals surface area contributed by atoms with Crippen LogP contribution in [0, 0.1) is 6.92 Å². The minimum Gasteiger partial charge on any atom is -0.496 e. The average Bonchev–Trinajstić information content (AvgIpc) is 3.45. The number of nitrogens with one attached hydrogen (secondary N) is 1. The molecule has 3 aromatic rings. The number of rotatable bonds is 6. The molecule has 1 aliphatic carbocycles. The number of carbonyl (C=O) groups excluding carboxylic acids is 1. The SMILES string of the molecule is COc1cc(C2(C(=O)NC(C)c3nc(-c4ccncc4)cs3)CCCC2)ccc1C. The molecule has 1 N–H and O–H groups in total. The maximum atomic E-state index is 13.5. The number of aromatic nitrogens is 2. The molecule has 30 heavy (non-hydrogen) atoms. The van der Waals surface area contributed by atoms with Crippen LogP contribution in [0.2, 0.25) is 0 Å². The van der Waals surface area contributed by atoms with Crippen LogP contribution >= 0.6 is 11.3 Å². The highest BCUT2D eigenvalue weighted by atomic mass is 32.1. The van der Waals surface area contributed by atoms with Crippen molar-refractivity contribution in [2.75, 3.05) is 7.11 Å². The average molecular weight is 422 g/mol. The van der Waals surface area contributed by atoms with E-state index in [1.54, 1.807) is 30.8 Å². The molecule has 1 amide bonds. The molecule has 1 atom stereocenters. The Morgan fingerprint density at radius 1 is 1.20 bits per heavy atom. The molecule has 1 aromatic carbocycles. The molecule has 1 saturated carbocycles. The molecule has 5 nitrogen and oxygen atoms in total. The summed E-state index contributed by atoms with van der Waals surface area (Å²) in [6, 6.07) is 9.91. The molecule has 2 aromatic heterocycles. The van der Waals surface area contributed by atoms with Crippen LogP contribution < -0.4 is 10.1 Å². The maximum absolute atomic E-state index is 13.5. The number of carbonyl (C=O) groups is 1. The van der Waals surface area contributed by atoms with Crippen molar-refractivity contribution in [3.63, 3.8) is 0 Å². The molecule has 0 saturated heterocycles. The van der Waals surface area contributed by atoms with Crippen molar-refractivity contribution >= 4 is 17.2 Å². The van der Waals surface area contributed by atoms with Crippen molar-refractivity contribution in [1.82, 2.24) is 15.3 Å². The molecule has 0 radical (unpaired) electrons. The van der Waals surface area contributed by atoms with Crippen molar-refractivity contribution < 1.29 is 9.53 Å². The first-order valence-corrected chi connectivity index (χ1v) is 11.2. The summed E-state index contributed by atoms with van der Waals surface area (Å²) in [6.07, 6.45) is 7.36. The summed E-state index contributed by atoms with van der Waals surface area (Å²) in [5.41, 5.74) is 3.57. The van der Waals surface area contributed by atoms with E-state index in [0.29, 0.717) is 0 Å². The molecular weight excluding hydrogens is 394 g/mol. The van der Waals surface area contributed by atoms with Crippen LogP contribution in [-0.4, -0.2) is 23.0 Å². The number of thiazole rings is 1. The molecule has 0 aliphatic heterocycles. The van der Waals surface area contributed by atoms with Crippen LogP contribution in [0.15, 0.2) is 48.1 Å². The van der Waals surface area contributed by atoms with Crippen LogP contribution in [-0.2, 0) is 10.2 Å². The van der Waals surface area contributed by atoms with Crippen molar-refractivity contribution in [2.24, 2.45) is 0 Å². The maximum Gasteiger partial charge on any atom is 0.231 e. The summed E-state index contributed by atoms with van der Waals surface area (Å²) in [5, 5.41) is 6.19. The molecule has 2 heterocycles. The fourth-order valence-corrected chi connectivity index (χ4v) is 5.12. The number of hydrogen-bond donors (Lipinski definition) is 1. The lowest BCUT2D eigenvalue weighted by molar-refractivity contribution is -0.127. The Balaban J connectivity index is 1.56. The number of amides is 1. The minimum absolute atomic E-state index is 0.0825. The van der Waals surface area contributed by atoms with E-state index in [1.807, 2.05) is 43.5 Å². The Morgan fingerprint density at radius 2 is 1.93 bits per heavy atom. The van der Waals surface area contributed by atoms with Gasteiger partial charge < -0.3 is 10.1 Å². The second-order valence-electron chi connectivity index (χ2n) is 7.98. The van der Waals surface area contributed by atoms with Gasteiger partial charge in [0, 0.05) is 23.3 Å². The Morgan fingerprint density at radius 3 is 2.63 bits per heavy atom. The number of benzene rings is 1. The standard InChI is InChI=1S/C24H27N3O2S/c1-16-6-7-19(14-21(16)29-3)24(10-4-5-11-24)23(28)26-17(2)22-27-20(15-30-22)18-8-12-25-13-9-18/h6-9,12-15,17H,4-5,10-11H2,1-3H3,(H,26,28). The summed E-state index contributed by atoms with van der Waals surface area (Å²) in [7, 11) is 1.68. The highest BCUT2D eigenvalue weighted by molar-refractivity contribution is 7.10. The quantitative estimate of drug-likeness (QED) is 0.593. The molecule has 4 rings (SSSR count). The predicted octanol–water partition coefficient (Wildman–Crippen LogP) is 5.21. The Labute approximate surface area is 181 Å². The zero-order valence-corrected chi connectivity index (χ0v) is 18.5. The van der Waals surface area contributed by atoms with E-state index in [9.17, 15) is 4.79 Å². The van der Waals surface area contributed by atoms with E-state index in [-0.39, 0.29) is 11.9 Å². The normalized spacial score (nSPS) is 16.2. The van der Waals surface area contributed by atoms with Crippen molar-refractivity contribution in [3.05, 3.63) is 64.2 Å². The monoisotopic (exact) mass is 421 g/mol. The van der Waals surface area contributed by atoms with Gasteiger partial charge in [-0.15, -0.1) is 11.3 Å². The minimum atomic E-state index is -0.500. The Kier molecular flexibility index (Phi) is 5.86. The topological polar surface area (TPSA) is 64.1 Å². The predicted molar refractivity (Wildman–Crippen MR) is 120 cm³/mol. The third-order valence-electron chi connectivity index (χ3n) is 6.07. The van der Waals surface area contributed by atoms with Gasteiger partial charge in [-0.05, 0) is 56.0 Å². The van der Waals surface area contributed by atoms with Crippen molar-refractivity contribution in [2.45, 2.75) is 51.0 Å². The van der Waals surface area contributed by atoms with Crippen LogP contribution in [0.5, 0.6) is 5.75 Å². The molecule has 1 aliphatic rings. The summed E-state index contributed by atoms with van der Waals surface area (Å²) in [6.45, 7) is 4.03. The summed E-state index contributed by atoms with van der Waals surface area (Å²) in [5.74, 6) is 0.917. The Bertz CT molecular complexity index is 1030. The van der Waals surface area contributed by atoms with Gasteiger partial charge in [0.1, 0.15) is 10.8 Å². The lowest BCUT2D eigenvalue weighted by atomic mass is 9.77. The van der Waals surface area contributed by atoms with Gasteiger partial charge in [0.2, 0.25) is 5.91 Å². The van der Waals surface area contributed by atoms with E-state index in [2.05, 4.69) is 16.4 Å². The fraction of sp³-hybridized carbons (Fsp3) is 0.375.